The van der Waals surface area contributed by atoms with Gasteiger partial charge in [-0.05, 0) is 62.4 Å². The van der Waals surface area contributed by atoms with Gasteiger partial charge in [-0.2, -0.15) is 0 Å². The molecule has 0 saturated carbocycles. The molecule has 0 aliphatic carbocycles. The molecule has 0 aromatic heterocycles. The van der Waals surface area contributed by atoms with Crippen LogP contribution >= 0.6 is 15.9 Å². The summed E-state index contributed by atoms with van der Waals surface area (Å²) in [5, 5.41) is 3.00. The molecule has 5 nitrogen and oxygen atoms in total. The van der Waals surface area contributed by atoms with Crippen molar-refractivity contribution in [3.8, 4) is 0 Å². The smallest absolute Gasteiger partial charge is 0.282 e. The summed E-state index contributed by atoms with van der Waals surface area (Å²) in [5.74, 6) is 0.132. The van der Waals surface area contributed by atoms with E-state index in [0.717, 1.165) is 47.6 Å². The van der Waals surface area contributed by atoms with E-state index < -0.39 is 0 Å². The molecule has 1 amide bonds. The van der Waals surface area contributed by atoms with Crippen molar-refractivity contribution in [2.24, 2.45) is 0 Å². The summed E-state index contributed by atoms with van der Waals surface area (Å²) in [7, 11) is 0. The molecule has 2 aromatic rings. The summed E-state index contributed by atoms with van der Waals surface area (Å²) < 4.78 is 0.992. The summed E-state index contributed by atoms with van der Waals surface area (Å²) in [4.78, 5) is 27.6. The first-order valence-corrected chi connectivity index (χ1v) is 10.0. The predicted molar refractivity (Wildman–Crippen MR) is 112 cm³/mol. The lowest BCUT2D eigenvalue weighted by Crippen LogP contribution is -3.19. The van der Waals surface area contributed by atoms with Gasteiger partial charge in [-0.15, -0.1) is 0 Å². The molecule has 0 radical (unpaired) electrons. The Balaban J connectivity index is 1.53. The lowest BCUT2D eigenvalue weighted by molar-refractivity contribution is -0.914. The molecule has 27 heavy (non-hydrogen) atoms. The number of nitrogens with one attached hydrogen (secondary N) is 2. The molecular weight excluding hydrogens is 406 g/mol. The van der Waals surface area contributed by atoms with E-state index in [2.05, 4.69) is 26.1 Å². The first-order chi connectivity index (χ1) is 12.9. The number of hydrogen-bond acceptors (Lipinski definition) is 3. The summed E-state index contributed by atoms with van der Waals surface area (Å²) >= 11 is 3.40. The maximum Gasteiger partial charge on any atom is 0.282 e. The van der Waals surface area contributed by atoms with Crippen LogP contribution in [0.1, 0.15) is 24.2 Å². The van der Waals surface area contributed by atoms with Crippen LogP contribution in [-0.2, 0) is 4.79 Å². The molecule has 2 aromatic carbocycles. The van der Waals surface area contributed by atoms with Crippen LogP contribution in [0.15, 0.2) is 53.0 Å². The molecule has 6 heteroatoms. The van der Waals surface area contributed by atoms with Gasteiger partial charge in [0.15, 0.2) is 11.8 Å². The van der Waals surface area contributed by atoms with Crippen LogP contribution in [-0.4, -0.2) is 43.9 Å². The van der Waals surface area contributed by atoms with Gasteiger partial charge in [0.2, 0.25) is 0 Å². The third-order valence-corrected chi connectivity index (χ3v) is 5.69. The number of rotatable bonds is 5. The number of carbonyl (C=O) groups excluding carboxylic acids is 2. The Bertz CT molecular complexity index is 797. The fraction of sp³-hybridized carbons (Fsp3) is 0.333. The maximum absolute atomic E-state index is 12.6. The van der Waals surface area contributed by atoms with E-state index in [-0.39, 0.29) is 17.7 Å². The molecule has 1 heterocycles. The quantitative estimate of drug-likeness (QED) is 0.715. The highest BCUT2D eigenvalue weighted by Gasteiger charge is 2.29. The number of anilines is 2. The second-order valence-corrected chi connectivity index (χ2v) is 7.88. The van der Waals surface area contributed by atoms with Crippen molar-refractivity contribution in [2.45, 2.75) is 19.9 Å². The fourth-order valence-corrected chi connectivity index (χ4v) is 3.63. The molecule has 0 spiro atoms. The van der Waals surface area contributed by atoms with E-state index in [1.54, 1.807) is 6.92 Å². The fourth-order valence-electron chi connectivity index (χ4n) is 3.36. The lowest BCUT2D eigenvalue weighted by atomic mass is 10.1. The lowest BCUT2D eigenvalue weighted by Gasteiger charge is -2.36. The van der Waals surface area contributed by atoms with Crippen LogP contribution in [0.3, 0.4) is 0 Å². The predicted octanol–water partition coefficient (Wildman–Crippen LogP) is 2.38. The molecule has 142 valence electrons. The Kier molecular flexibility index (Phi) is 6.29. The summed E-state index contributed by atoms with van der Waals surface area (Å²) in [6.45, 7) is 7.17. The number of nitrogens with zero attached hydrogens (tertiary/aromatic N) is 1. The van der Waals surface area contributed by atoms with Gasteiger partial charge in [-0.25, -0.2) is 0 Å². The highest BCUT2D eigenvalue weighted by molar-refractivity contribution is 9.10. The minimum absolute atomic E-state index is 0.0478. The molecule has 1 aliphatic rings. The maximum atomic E-state index is 12.6. The van der Waals surface area contributed by atoms with Crippen LogP contribution in [0, 0.1) is 0 Å². The van der Waals surface area contributed by atoms with Gasteiger partial charge in [0, 0.05) is 21.4 Å². The third-order valence-electron chi connectivity index (χ3n) is 5.16. The van der Waals surface area contributed by atoms with E-state index in [0.29, 0.717) is 0 Å². The van der Waals surface area contributed by atoms with E-state index in [4.69, 9.17) is 0 Å². The molecule has 1 saturated heterocycles. The Hall–Kier alpha value is -2.18. The molecule has 1 fully saturated rings. The number of carbonyl (C=O) groups is 2. The van der Waals surface area contributed by atoms with Crippen LogP contribution in [0.4, 0.5) is 11.4 Å². The van der Waals surface area contributed by atoms with E-state index in [9.17, 15) is 9.59 Å². The molecule has 0 unspecified atom stereocenters. The number of Topliss-reactive ketones (excluding diaryl/α,β-unsaturated/α-hetero) is 1. The number of piperazine rings is 1. The van der Waals surface area contributed by atoms with Gasteiger partial charge in [0.25, 0.3) is 5.91 Å². The summed E-state index contributed by atoms with van der Waals surface area (Å²) in [5.41, 5.74) is 2.69. The van der Waals surface area contributed by atoms with Crippen molar-refractivity contribution in [3.05, 3.63) is 58.6 Å². The first-order valence-electron chi connectivity index (χ1n) is 9.21. The number of halogens is 1. The Morgan fingerprint density at radius 2 is 1.63 bits per heavy atom. The highest BCUT2D eigenvalue weighted by atomic mass is 79.9. The van der Waals surface area contributed by atoms with Crippen LogP contribution in [0.25, 0.3) is 0 Å². The highest BCUT2D eigenvalue weighted by Crippen LogP contribution is 2.16. The third kappa shape index (κ3) is 4.96. The van der Waals surface area contributed by atoms with Crippen LogP contribution in [0.2, 0.25) is 0 Å². The zero-order valence-electron chi connectivity index (χ0n) is 15.7. The van der Waals surface area contributed by atoms with Crippen LogP contribution < -0.4 is 15.1 Å². The second-order valence-electron chi connectivity index (χ2n) is 6.97. The Labute approximate surface area is 168 Å². The summed E-state index contributed by atoms with van der Waals surface area (Å²) in [6.07, 6.45) is 0. The minimum Gasteiger partial charge on any atom is -0.360 e. The number of hydrogen-bond donors (Lipinski definition) is 2. The van der Waals surface area contributed by atoms with Gasteiger partial charge >= 0.3 is 0 Å². The Morgan fingerprint density at radius 1 is 1.04 bits per heavy atom. The number of ketones is 1. The van der Waals surface area contributed by atoms with E-state index >= 15 is 0 Å². The summed E-state index contributed by atoms with van der Waals surface area (Å²) in [6, 6.07) is 15.3. The van der Waals surface area contributed by atoms with Crippen molar-refractivity contribution in [1.29, 1.82) is 0 Å². The largest absolute Gasteiger partial charge is 0.360 e. The molecule has 2 N–H and O–H groups in total. The van der Waals surface area contributed by atoms with E-state index in [1.807, 2.05) is 55.5 Å². The monoisotopic (exact) mass is 430 g/mol. The van der Waals surface area contributed by atoms with Crippen molar-refractivity contribution < 1.29 is 14.5 Å². The van der Waals surface area contributed by atoms with Crippen molar-refractivity contribution >= 4 is 39.0 Å². The number of amides is 1. The molecular formula is C21H25BrN3O2+. The van der Waals surface area contributed by atoms with Gasteiger partial charge < -0.3 is 15.1 Å². The zero-order valence-corrected chi connectivity index (χ0v) is 17.3. The molecule has 0 bridgehead atoms. The SMILES string of the molecule is CC(=O)c1ccc(N2CC[NH+]([C@H](C)C(=O)Nc3ccc(Br)cc3)CC2)cc1. The number of benzene rings is 2. The first kappa shape index (κ1) is 19.6. The van der Waals surface area contributed by atoms with Gasteiger partial charge in [-0.3, -0.25) is 9.59 Å². The normalized spacial score (nSPS) is 16.0. The molecule has 1 aliphatic heterocycles. The van der Waals surface area contributed by atoms with Gasteiger partial charge in [-0.1, -0.05) is 15.9 Å². The topological polar surface area (TPSA) is 53.9 Å². The standard InChI is InChI=1S/C21H24BrN3O2/c1-15(21(27)23-19-7-5-18(22)6-8-19)24-11-13-25(14-12-24)20-9-3-17(4-10-20)16(2)26/h3-10,15H,11-14H2,1-2H3,(H,23,27)/p+1/t15-/m1/s1. The average Bonchev–Trinajstić information content (AvgIpc) is 2.69. The van der Waals surface area contributed by atoms with Gasteiger partial charge in [0.05, 0.1) is 26.2 Å². The second kappa shape index (κ2) is 8.67. The average molecular weight is 431 g/mol. The van der Waals surface area contributed by atoms with Crippen molar-refractivity contribution in [1.82, 2.24) is 0 Å². The van der Waals surface area contributed by atoms with Crippen LogP contribution in [0.5, 0.6) is 0 Å². The minimum atomic E-state index is -0.101. The van der Waals surface area contributed by atoms with Crippen molar-refractivity contribution in [3.63, 3.8) is 0 Å². The number of quaternary nitrogens is 1. The van der Waals surface area contributed by atoms with E-state index in [1.165, 1.54) is 4.90 Å². The molecule has 3 rings (SSSR count). The van der Waals surface area contributed by atoms with Gasteiger partial charge in [0.1, 0.15) is 0 Å². The molecule has 1 atom stereocenters. The van der Waals surface area contributed by atoms with Crippen molar-refractivity contribution in [2.75, 3.05) is 36.4 Å². The zero-order chi connectivity index (χ0) is 19.4. The Morgan fingerprint density at radius 3 is 2.19 bits per heavy atom.